The predicted molar refractivity (Wildman–Crippen MR) is 123 cm³/mol. The summed E-state index contributed by atoms with van der Waals surface area (Å²) in [5, 5.41) is 0.167. The van der Waals surface area contributed by atoms with Crippen molar-refractivity contribution in [2.24, 2.45) is 0 Å². The number of benzene rings is 1. The predicted octanol–water partition coefficient (Wildman–Crippen LogP) is 3.93. The summed E-state index contributed by atoms with van der Waals surface area (Å²) in [5.41, 5.74) is 1.38. The molecule has 1 aromatic heterocycles. The minimum Gasteiger partial charge on any atom is -0.469 e. The Hall–Kier alpha value is -3.23. The third-order valence-corrected chi connectivity index (χ3v) is 5.95. The number of rotatable bonds is 10. The molecule has 0 atom stereocenters. The summed E-state index contributed by atoms with van der Waals surface area (Å²) >= 11 is 5.78. The molecule has 0 spiro atoms. The van der Waals surface area contributed by atoms with Gasteiger partial charge in [-0.25, -0.2) is 8.42 Å². The minimum atomic E-state index is -4.01. The lowest BCUT2D eigenvalue weighted by Gasteiger charge is -2.13. The maximum Gasteiger partial charge on any atom is 0.305 e. The fourth-order valence-electron chi connectivity index (χ4n) is 2.64. The number of sulfonamides is 1. The number of carbonyl (C=O) groups is 2. The molecule has 2 rings (SSSR count). The highest BCUT2D eigenvalue weighted by Crippen LogP contribution is 2.17. The molecule has 0 unspecified atom stereocenters. The molecule has 0 amide bonds. The Bertz CT molecular complexity index is 1150. The number of methoxy groups -OCH3 is 1. The number of nitrogens with zero attached hydrogens (tertiary/aromatic N) is 1. The first-order chi connectivity index (χ1) is 15.1. The van der Waals surface area contributed by atoms with Crippen LogP contribution in [-0.4, -0.2) is 32.3 Å². The number of halogens is 1. The van der Waals surface area contributed by atoms with Crippen molar-refractivity contribution in [3.63, 3.8) is 0 Å². The van der Waals surface area contributed by atoms with E-state index in [1.54, 1.807) is 12.1 Å². The van der Waals surface area contributed by atoms with Crippen molar-refractivity contribution in [2.75, 3.05) is 7.11 Å². The minimum absolute atomic E-state index is 0.000854. The Morgan fingerprint density at radius 3 is 2.31 bits per heavy atom. The van der Waals surface area contributed by atoms with E-state index in [4.69, 9.17) is 11.6 Å². The highest BCUT2D eigenvalue weighted by atomic mass is 35.5. The Balaban J connectivity index is 2.32. The van der Waals surface area contributed by atoms with Gasteiger partial charge in [-0.15, -0.1) is 0 Å². The van der Waals surface area contributed by atoms with Crippen molar-refractivity contribution in [2.45, 2.75) is 24.7 Å². The van der Waals surface area contributed by atoms with Crippen LogP contribution in [-0.2, 0) is 26.0 Å². The quantitative estimate of drug-likeness (QED) is 0.242. The van der Waals surface area contributed by atoms with Gasteiger partial charge in [-0.2, -0.15) is 0 Å². The molecule has 0 aliphatic carbocycles. The van der Waals surface area contributed by atoms with Crippen molar-refractivity contribution in [3.05, 3.63) is 95.0 Å². The number of esters is 1. The first-order valence-electron chi connectivity index (χ1n) is 9.50. The fourth-order valence-corrected chi connectivity index (χ4v) is 3.82. The SMILES string of the molecule is C=C(Cl)/C=C\C(NS(=O)(=O)c1ccc(CCC(=O)OC)cc1)=C(/C)C(=O)c1ccncc1. The fraction of sp³-hybridized carbons (Fsp3) is 0.174. The number of pyridine rings is 1. The van der Waals surface area contributed by atoms with Gasteiger partial charge in [-0.3, -0.25) is 19.3 Å². The molecule has 32 heavy (non-hydrogen) atoms. The molecule has 0 bridgehead atoms. The van der Waals surface area contributed by atoms with Crippen LogP contribution in [0.3, 0.4) is 0 Å². The van der Waals surface area contributed by atoms with Crippen LogP contribution in [0.4, 0.5) is 0 Å². The lowest BCUT2D eigenvalue weighted by Crippen LogP contribution is -2.24. The standard InChI is InChI=1S/C23H23ClN2O5S/c1-16(24)4-10-21(17(2)23(28)19-12-14-25-15-13-19)26-32(29,30)20-8-5-18(6-9-20)7-11-22(27)31-3/h4-6,8-10,12-15,26H,1,7,11H2,2-3H3/b10-4-,21-17-. The van der Waals surface area contributed by atoms with E-state index >= 15 is 0 Å². The molecular weight excluding hydrogens is 452 g/mol. The first kappa shape index (κ1) is 25.0. The van der Waals surface area contributed by atoms with Gasteiger partial charge in [-0.1, -0.05) is 30.3 Å². The van der Waals surface area contributed by atoms with Crippen LogP contribution in [0.5, 0.6) is 0 Å². The number of aryl methyl sites for hydroxylation is 1. The maximum atomic E-state index is 12.9. The van der Waals surface area contributed by atoms with Gasteiger partial charge in [0.05, 0.1) is 17.7 Å². The average Bonchev–Trinajstić information content (AvgIpc) is 2.79. The van der Waals surface area contributed by atoms with E-state index in [-0.39, 0.29) is 39.4 Å². The van der Waals surface area contributed by atoms with Crippen LogP contribution >= 0.6 is 11.6 Å². The molecule has 168 valence electrons. The number of carbonyl (C=O) groups excluding carboxylic acids is 2. The van der Waals surface area contributed by atoms with E-state index in [9.17, 15) is 18.0 Å². The molecule has 0 aliphatic heterocycles. The lowest BCUT2D eigenvalue weighted by atomic mass is 10.0. The number of nitrogens with one attached hydrogen (secondary N) is 1. The van der Waals surface area contributed by atoms with Crippen LogP contribution in [0.15, 0.2) is 88.7 Å². The summed E-state index contributed by atoms with van der Waals surface area (Å²) in [6, 6.07) is 9.16. The highest BCUT2D eigenvalue weighted by Gasteiger charge is 2.19. The Morgan fingerprint density at radius 1 is 1.12 bits per heavy atom. The largest absolute Gasteiger partial charge is 0.469 e. The topological polar surface area (TPSA) is 102 Å². The van der Waals surface area contributed by atoms with Crippen LogP contribution in [0.25, 0.3) is 0 Å². The number of aromatic nitrogens is 1. The van der Waals surface area contributed by atoms with Crippen molar-refractivity contribution in [1.82, 2.24) is 9.71 Å². The molecule has 0 fully saturated rings. The molecule has 1 aromatic carbocycles. The first-order valence-corrected chi connectivity index (χ1v) is 11.4. The summed E-state index contributed by atoms with van der Waals surface area (Å²) in [7, 11) is -2.70. The second-order valence-electron chi connectivity index (χ2n) is 6.71. The van der Waals surface area contributed by atoms with Crippen LogP contribution in [0, 0.1) is 0 Å². The molecule has 0 aliphatic rings. The van der Waals surface area contributed by atoms with Crippen molar-refractivity contribution in [3.8, 4) is 0 Å². The normalized spacial score (nSPS) is 12.2. The van der Waals surface area contributed by atoms with E-state index in [1.807, 2.05) is 0 Å². The van der Waals surface area contributed by atoms with Crippen LogP contribution < -0.4 is 4.72 Å². The van der Waals surface area contributed by atoms with Crippen molar-refractivity contribution < 1.29 is 22.7 Å². The van der Waals surface area contributed by atoms with E-state index in [1.165, 1.54) is 62.8 Å². The second-order valence-corrected chi connectivity index (χ2v) is 8.88. The van der Waals surface area contributed by atoms with Crippen LogP contribution in [0.2, 0.25) is 0 Å². The molecule has 0 saturated carbocycles. The van der Waals surface area contributed by atoms with E-state index in [2.05, 4.69) is 21.0 Å². The molecule has 0 radical (unpaired) electrons. The van der Waals surface area contributed by atoms with Crippen molar-refractivity contribution in [1.29, 1.82) is 0 Å². The van der Waals surface area contributed by atoms with Gasteiger partial charge in [-0.05, 0) is 55.3 Å². The van der Waals surface area contributed by atoms with E-state index in [0.29, 0.717) is 12.0 Å². The number of allylic oxidation sites excluding steroid dienone is 4. The molecule has 2 aromatic rings. The molecular formula is C23H23ClN2O5S. The summed E-state index contributed by atoms with van der Waals surface area (Å²) in [6.07, 6.45) is 6.33. The smallest absolute Gasteiger partial charge is 0.305 e. The zero-order valence-corrected chi connectivity index (χ0v) is 19.2. The van der Waals surface area contributed by atoms with Gasteiger partial charge in [0.2, 0.25) is 0 Å². The average molecular weight is 475 g/mol. The third-order valence-electron chi connectivity index (χ3n) is 4.44. The van der Waals surface area contributed by atoms with Crippen molar-refractivity contribution >= 4 is 33.4 Å². The molecule has 9 heteroatoms. The molecule has 1 N–H and O–H groups in total. The Labute approximate surface area is 192 Å². The molecule has 7 nitrogen and oxygen atoms in total. The summed E-state index contributed by atoms with van der Waals surface area (Å²) in [5.74, 6) is -0.715. The second kappa shape index (κ2) is 11.4. The number of hydrogen-bond donors (Lipinski definition) is 1. The summed E-state index contributed by atoms with van der Waals surface area (Å²) < 4.78 is 32.9. The number of ether oxygens (including phenoxy) is 1. The Morgan fingerprint density at radius 2 is 1.75 bits per heavy atom. The molecule has 0 saturated heterocycles. The van der Waals surface area contributed by atoms with E-state index in [0.717, 1.165) is 5.56 Å². The zero-order chi connectivity index (χ0) is 23.7. The van der Waals surface area contributed by atoms with Gasteiger partial charge < -0.3 is 4.74 Å². The van der Waals surface area contributed by atoms with Crippen LogP contribution in [0.1, 0.15) is 29.3 Å². The number of ketones is 1. The zero-order valence-electron chi connectivity index (χ0n) is 17.7. The number of hydrogen-bond acceptors (Lipinski definition) is 6. The third kappa shape index (κ3) is 7.18. The van der Waals surface area contributed by atoms with E-state index < -0.39 is 10.0 Å². The maximum absolute atomic E-state index is 12.9. The Kier molecular flexibility index (Phi) is 8.92. The number of Topliss-reactive ketones (excluding diaryl/α,β-unsaturated/α-hetero) is 1. The van der Waals surface area contributed by atoms with Gasteiger partial charge >= 0.3 is 5.97 Å². The van der Waals surface area contributed by atoms with Gasteiger partial charge in [0.1, 0.15) is 0 Å². The van der Waals surface area contributed by atoms with Gasteiger partial charge in [0, 0.05) is 35.0 Å². The van der Waals surface area contributed by atoms with Gasteiger partial charge in [0.15, 0.2) is 5.78 Å². The highest BCUT2D eigenvalue weighted by molar-refractivity contribution is 7.89. The van der Waals surface area contributed by atoms with Gasteiger partial charge in [0.25, 0.3) is 10.0 Å². The lowest BCUT2D eigenvalue weighted by molar-refractivity contribution is -0.140. The molecule has 1 heterocycles. The summed E-state index contributed by atoms with van der Waals surface area (Å²) in [6.45, 7) is 5.05. The summed E-state index contributed by atoms with van der Waals surface area (Å²) in [4.78, 5) is 28.0. The monoisotopic (exact) mass is 474 g/mol.